The Labute approximate surface area is 124 Å². The molecule has 0 saturated carbocycles. The molecule has 0 aliphatic heterocycles. The van der Waals surface area contributed by atoms with Crippen molar-refractivity contribution in [3.05, 3.63) is 17.5 Å². The average Bonchev–Trinajstić information content (AvgIpc) is 2.87. The topological polar surface area (TPSA) is 106 Å². The van der Waals surface area contributed by atoms with Crippen LogP contribution in [-0.2, 0) is 11.3 Å². The van der Waals surface area contributed by atoms with E-state index in [9.17, 15) is 4.79 Å². The minimum Gasteiger partial charge on any atom is -0.409 e. The molecule has 0 radical (unpaired) electrons. The van der Waals surface area contributed by atoms with Gasteiger partial charge in [0.2, 0.25) is 0 Å². The summed E-state index contributed by atoms with van der Waals surface area (Å²) in [7, 11) is 1.58. The lowest BCUT2D eigenvalue weighted by Gasteiger charge is -2.22. The van der Waals surface area contributed by atoms with Gasteiger partial charge in [-0.05, 0) is 19.9 Å². The summed E-state index contributed by atoms with van der Waals surface area (Å²) in [4.78, 5) is 14.2. The van der Waals surface area contributed by atoms with Gasteiger partial charge in [-0.25, -0.2) is 0 Å². The summed E-state index contributed by atoms with van der Waals surface area (Å²) in [5, 5.41) is 15.8. The molecule has 0 unspecified atom stereocenters. The van der Waals surface area contributed by atoms with Gasteiger partial charge in [-0.3, -0.25) is 9.48 Å². The number of oxime groups is 1. The number of rotatable bonds is 8. The third kappa shape index (κ3) is 4.75. The van der Waals surface area contributed by atoms with Crippen molar-refractivity contribution >= 4 is 11.7 Å². The third-order valence-electron chi connectivity index (χ3n) is 3.04. The van der Waals surface area contributed by atoms with Crippen LogP contribution in [0, 0.1) is 6.92 Å². The minimum atomic E-state index is -0.139. The molecule has 0 aromatic carbocycles. The number of carbonyl (C=O) groups excluding carboxylic acids is 1. The second kappa shape index (κ2) is 8.25. The molecule has 1 heterocycles. The van der Waals surface area contributed by atoms with E-state index in [4.69, 9.17) is 15.7 Å². The summed E-state index contributed by atoms with van der Waals surface area (Å²) < 4.78 is 6.69. The smallest absolute Gasteiger partial charge is 0.272 e. The van der Waals surface area contributed by atoms with Gasteiger partial charge in [0.15, 0.2) is 0 Å². The van der Waals surface area contributed by atoms with Crippen LogP contribution in [0.1, 0.15) is 29.5 Å². The number of amides is 1. The quantitative estimate of drug-likeness (QED) is 0.313. The number of aryl methyl sites for hydroxylation is 2. The Balaban J connectivity index is 2.87. The zero-order valence-electron chi connectivity index (χ0n) is 12.7. The zero-order chi connectivity index (χ0) is 15.8. The lowest BCUT2D eigenvalue weighted by Crippen LogP contribution is -2.37. The molecule has 1 rings (SSSR count). The zero-order valence-corrected chi connectivity index (χ0v) is 12.7. The third-order valence-corrected chi connectivity index (χ3v) is 3.04. The van der Waals surface area contributed by atoms with Gasteiger partial charge in [-0.2, -0.15) is 5.10 Å². The lowest BCUT2D eigenvalue weighted by atomic mass is 10.3. The number of ether oxygens (including phenoxy) is 1. The maximum absolute atomic E-state index is 12.6. The maximum atomic E-state index is 12.6. The second-order valence-corrected chi connectivity index (χ2v) is 4.61. The molecule has 0 aliphatic carbocycles. The van der Waals surface area contributed by atoms with Gasteiger partial charge in [-0.15, -0.1) is 0 Å². The number of methoxy groups -OCH3 is 1. The van der Waals surface area contributed by atoms with Gasteiger partial charge in [0.05, 0.1) is 12.3 Å². The largest absolute Gasteiger partial charge is 0.409 e. The number of aromatic nitrogens is 2. The first kappa shape index (κ1) is 17.0. The molecule has 0 aliphatic rings. The SMILES string of the molecule is CCn1nc(C)cc1C(=O)N(CCOC)CCC(N)=NO. The number of hydrogen-bond donors (Lipinski definition) is 2. The van der Waals surface area contributed by atoms with Crippen molar-refractivity contribution in [3.63, 3.8) is 0 Å². The second-order valence-electron chi connectivity index (χ2n) is 4.61. The summed E-state index contributed by atoms with van der Waals surface area (Å²) in [5.41, 5.74) is 6.79. The molecule has 1 aromatic heterocycles. The molecule has 21 heavy (non-hydrogen) atoms. The van der Waals surface area contributed by atoms with Crippen molar-refractivity contribution in [3.8, 4) is 0 Å². The predicted octanol–water partition coefficient (Wildman–Crippen LogP) is 0.437. The van der Waals surface area contributed by atoms with E-state index in [-0.39, 0.29) is 11.7 Å². The van der Waals surface area contributed by atoms with Crippen LogP contribution in [-0.4, -0.2) is 58.4 Å². The number of nitrogens with zero attached hydrogens (tertiary/aromatic N) is 4. The van der Waals surface area contributed by atoms with Gasteiger partial charge < -0.3 is 20.6 Å². The lowest BCUT2D eigenvalue weighted by molar-refractivity contribution is 0.0688. The number of amidine groups is 1. The predicted molar refractivity (Wildman–Crippen MR) is 78.4 cm³/mol. The fourth-order valence-electron chi connectivity index (χ4n) is 1.94. The van der Waals surface area contributed by atoms with E-state index < -0.39 is 0 Å². The van der Waals surface area contributed by atoms with E-state index in [1.807, 2.05) is 13.8 Å². The molecule has 0 spiro atoms. The van der Waals surface area contributed by atoms with Crippen LogP contribution in [0.5, 0.6) is 0 Å². The average molecular weight is 297 g/mol. The molecule has 0 bridgehead atoms. The first-order chi connectivity index (χ1) is 10.0. The summed E-state index contributed by atoms with van der Waals surface area (Å²) >= 11 is 0. The van der Waals surface area contributed by atoms with Crippen LogP contribution < -0.4 is 5.73 Å². The first-order valence-corrected chi connectivity index (χ1v) is 6.82. The molecule has 0 saturated heterocycles. The molecule has 8 heteroatoms. The highest BCUT2D eigenvalue weighted by atomic mass is 16.5. The van der Waals surface area contributed by atoms with Gasteiger partial charge in [0, 0.05) is 33.2 Å². The number of nitrogens with two attached hydrogens (primary N) is 1. The van der Waals surface area contributed by atoms with Crippen LogP contribution in [0.4, 0.5) is 0 Å². The summed E-state index contributed by atoms with van der Waals surface area (Å²) in [6, 6.07) is 1.76. The number of hydrogen-bond acceptors (Lipinski definition) is 5. The summed E-state index contributed by atoms with van der Waals surface area (Å²) in [6.45, 7) is 5.60. The molecule has 0 fully saturated rings. The van der Waals surface area contributed by atoms with Gasteiger partial charge in [0.1, 0.15) is 11.5 Å². The Morgan fingerprint density at radius 1 is 1.57 bits per heavy atom. The van der Waals surface area contributed by atoms with Crippen molar-refractivity contribution < 1.29 is 14.7 Å². The van der Waals surface area contributed by atoms with Crippen LogP contribution in [0.25, 0.3) is 0 Å². The fourth-order valence-corrected chi connectivity index (χ4v) is 1.94. The maximum Gasteiger partial charge on any atom is 0.272 e. The Morgan fingerprint density at radius 3 is 2.86 bits per heavy atom. The van der Waals surface area contributed by atoms with Crippen molar-refractivity contribution in [1.82, 2.24) is 14.7 Å². The van der Waals surface area contributed by atoms with E-state index in [1.165, 1.54) is 0 Å². The van der Waals surface area contributed by atoms with Crippen LogP contribution in [0.3, 0.4) is 0 Å². The fraction of sp³-hybridized carbons (Fsp3) is 0.615. The first-order valence-electron chi connectivity index (χ1n) is 6.82. The van der Waals surface area contributed by atoms with Gasteiger partial charge in [0.25, 0.3) is 5.91 Å². The minimum absolute atomic E-state index is 0.0883. The highest BCUT2D eigenvalue weighted by Gasteiger charge is 2.20. The highest BCUT2D eigenvalue weighted by molar-refractivity contribution is 5.93. The molecule has 118 valence electrons. The molecule has 1 aromatic rings. The van der Waals surface area contributed by atoms with Gasteiger partial charge in [-0.1, -0.05) is 5.16 Å². The van der Waals surface area contributed by atoms with E-state index in [0.29, 0.717) is 38.4 Å². The summed E-state index contributed by atoms with van der Waals surface area (Å²) in [6.07, 6.45) is 0.297. The van der Waals surface area contributed by atoms with Crippen molar-refractivity contribution in [2.24, 2.45) is 10.9 Å². The van der Waals surface area contributed by atoms with E-state index >= 15 is 0 Å². The van der Waals surface area contributed by atoms with E-state index in [1.54, 1.807) is 22.8 Å². The van der Waals surface area contributed by atoms with Crippen molar-refractivity contribution in [2.45, 2.75) is 26.8 Å². The van der Waals surface area contributed by atoms with Crippen LogP contribution in [0.15, 0.2) is 11.2 Å². The molecule has 8 nitrogen and oxygen atoms in total. The van der Waals surface area contributed by atoms with E-state index in [2.05, 4.69) is 10.3 Å². The normalized spacial score (nSPS) is 11.7. The van der Waals surface area contributed by atoms with E-state index in [0.717, 1.165) is 5.69 Å². The molecular formula is C13H23N5O3. The molecule has 3 N–H and O–H groups in total. The highest BCUT2D eigenvalue weighted by Crippen LogP contribution is 2.09. The molecule has 0 atom stereocenters. The van der Waals surface area contributed by atoms with Crippen LogP contribution >= 0.6 is 0 Å². The number of carbonyl (C=O) groups is 1. The van der Waals surface area contributed by atoms with Crippen molar-refractivity contribution in [2.75, 3.05) is 26.8 Å². The Hall–Kier alpha value is -2.09. The summed E-state index contributed by atoms with van der Waals surface area (Å²) in [5.74, 6) is -0.0503. The molecule has 1 amide bonds. The van der Waals surface area contributed by atoms with Crippen molar-refractivity contribution in [1.29, 1.82) is 0 Å². The Bertz CT molecular complexity index is 498. The Kier molecular flexibility index (Phi) is 6.67. The van der Waals surface area contributed by atoms with Crippen LogP contribution in [0.2, 0.25) is 0 Å². The monoisotopic (exact) mass is 297 g/mol. The Morgan fingerprint density at radius 2 is 2.29 bits per heavy atom. The standard InChI is InChI=1S/C13H23N5O3/c1-4-18-11(9-10(2)15-18)13(19)17(7-8-21-3)6-5-12(14)16-20/h9,20H,4-8H2,1-3H3,(H2,14,16). The molecular weight excluding hydrogens is 274 g/mol. The van der Waals surface area contributed by atoms with Gasteiger partial charge >= 0.3 is 0 Å².